The Hall–Kier alpha value is -1.81. The molecule has 0 saturated heterocycles. The van der Waals surface area contributed by atoms with E-state index in [0.29, 0.717) is 18.0 Å². The summed E-state index contributed by atoms with van der Waals surface area (Å²) in [5, 5.41) is 2.65. The van der Waals surface area contributed by atoms with Gasteiger partial charge in [0.25, 0.3) is 15.9 Å². The second-order valence-electron chi connectivity index (χ2n) is 5.29. The van der Waals surface area contributed by atoms with Crippen LogP contribution in [0.4, 0.5) is 5.69 Å². The minimum Gasteiger partial charge on any atom is -0.496 e. The molecule has 2 aromatic carbocycles. The number of benzene rings is 2. The van der Waals surface area contributed by atoms with E-state index in [1.807, 2.05) is 19.1 Å². The summed E-state index contributed by atoms with van der Waals surface area (Å²) in [7, 11) is -2.40. The molecule has 0 spiro atoms. The number of sulfonamides is 1. The molecule has 0 bridgehead atoms. The topological polar surface area (TPSA) is 84.5 Å². The smallest absolute Gasteiger partial charge is 0.261 e. The summed E-state index contributed by atoms with van der Waals surface area (Å²) in [6.07, 6.45) is 0. The van der Waals surface area contributed by atoms with Gasteiger partial charge in [0.2, 0.25) is 0 Å². The van der Waals surface area contributed by atoms with Crippen molar-refractivity contribution in [2.24, 2.45) is 0 Å². The van der Waals surface area contributed by atoms with Crippen LogP contribution in [-0.4, -0.2) is 28.0 Å². The molecule has 0 fully saturated rings. The van der Waals surface area contributed by atoms with Crippen LogP contribution in [0, 0.1) is 10.5 Å². The van der Waals surface area contributed by atoms with Gasteiger partial charge < -0.3 is 10.1 Å². The molecule has 8 heteroatoms. The molecule has 134 valence electrons. The van der Waals surface area contributed by atoms with Gasteiger partial charge in [0, 0.05) is 10.1 Å². The molecular formula is C17H19IN2O4S. The van der Waals surface area contributed by atoms with Crippen LogP contribution in [0.15, 0.2) is 41.3 Å². The van der Waals surface area contributed by atoms with E-state index >= 15 is 0 Å². The lowest BCUT2D eigenvalue weighted by Crippen LogP contribution is -2.24. The predicted octanol–water partition coefficient (Wildman–Crippen LogP) is 3.16. The third kappa shape index (κ3) is 4.63. The van der Waals surface area contributed by atoms with E-state index in [2.05, 4.69) is 32.6 Å². The van der Waals surface area contributed by atoms with Crippen molar-refractivity contribution in [3.8, 4) is 5.75 Å². The fourth-order valence-corrected chi connectivity index (χ4v) is 4.04. The Balaban J connectivity index is 2.42. The van der Waals surface area contributed by atoms with Gasteiger partial charge in [-0.25, -0.2) is 8.42 Å². The summed E-state index contributed by atoms with van der Waals surface area (Å²) in [5.74, 6) is -0.0720. The minimum atomic E-state index is -3.83. The maximum absolute atomic E-state index is 12.7. The van der Waals surface area contributed by atoms with Crippen molar-refractivity contribution in [3.63, 3.8) is 0 Å². The number of carbonyl (C=O) groups is 1. The first-order valence-electron chi connectivity index (χ1n) is 7.53. The van der Waals surface area contributed by atoms with Gasteiger partial charge in [-0.3, -0.25) is 9.52 Å². The molecule has 1 amide bonds. The Labute approximate surface area is 161 Å². The van der Waals surface area contributed by atoms with E-state index in [-0.39, 0.29) is 16.4 Å². The van der Waals surface area contributed by atoms with Crippen LogP contribution in [0.25, 0.3) is 0 Å². The molecule has 6 nitrogen and oxygen atoms in total. The molecule has 0 atom stereocenters. The number of anilines is 1. The number of amides is 1. The van der Waals surface area contributed by atoms with E-state index < -0.39 is 10.0 Å². The van der Waals surface area contributed by atoms with Gasteiger partial charge in [-0.2, -0.15) is 0 Å². The number of aryl methyl sites for hydroxylation is 1. The zero-order valence-electron chi connectivity index (χ0n) is 14.1. The van der Waals surface area contributed by atoms with Gasteiger partial charge in [0.15, 0.2) is 0 Å². The predicted molar refractivity (Wildman–Crippen MR) is 106 cm³/mol. The number of hydrogen-bond acceptors (Lipinski definition) is 4. The van der Waals surface area contributed by atoms with Crippen LogP contribution >= 0.6 is 22.6 Å². The molecule has 0 unspecified atom stereocenters. The maximum atomic E-state index is 12.7. The lowest BCUT2D eigenvalue weighted by Gasteiger charge is -2.13. The molecule has 0 aliphatic carbocycles. The Morgan fingerprint density at radius 2 is 1.92 bits per heavy atom. The first-order chi connectivity index (χ1) is 11.8. The first kappa shape index (κ1) is 19.5. The molecular weight excluding hydrogens is 455 g/mol. The van der Waals surface area contributed by atoms with Gasteiger partial charge in [-0.05, 0) is 78.4 Å². The van der Waals surface area contributed by atoms with Gasteiger partial charge >= 0.3 is 0 Å². The fraction of sp³-hybridized carbons (Fsp3) is 0.235. The normalized spacial score (nSPS) is 11.0. The van der Waals surface area contributed by atoms with Crippen molar-refractivity contribution < 1.29 is 17.9 Å². The second kappa shape index (κ2) is 8.05. The van der Waals surface area contributed by atoms with Gasteiger partial charge in [0.05, 0.1) is 23.3 Å². The van der Waals surface area contributed by atoms with E-state index in [0.717, 1.165) is 9.13 Å². The third-order valence-electron chi connectivity index (χ3n) is 3.50. The summed E-state index contributed by atoms with van der Waals surface area (Å²) in [6.45, 7) is 4.04. The summed E-state index contributed by atoms with van der Waals surface area (Å²) in [5.41, 5.74) is 1.48. The highest BCUT2D eigenvalue weighted by Crippen LogP contribution is 2.25. The monoisotopic (exact) mass is 474 g/mol. The number of ether oxygens (including phenoxy) is 1. The summed E-state index contributed by atoms with van der Waals surface area (Å²) < 4.78 is 34.1. The van der Waals surface area contributed by atoms with Crippen molar-refractivity contribution in [1.29, 1.82) is 0 Å². The van der Waals surface area contributed by atoms with Gasteiger partial charge in [-0.15, -0.1) is 0 Å². The molecule has 0 aliphatic heterocycles. The quantitative estimate of drug-likeness (QED) is 0.631. The molecule has 2 rings (SSSR count). The second-order valence-corrected chi connectivity index (χ2v) is 8.21. The van der Waals surface area contributed by atoms with Crippen LogP contribution in [0.2, 0.25) is 0 Å². The van der Waals surface area contributed by atoms with Crippen LogP contribution in [-0.2, 0) is 10.0 Å². The molecule has 2 N–H and O–H groups in total. The number of nitrogens with one attached hydrogen (secondary N) is 2. The largest absolute Gasteiger partial charge is 0.496 e. The van der Waals surface area contributed by atoms with Gasteiger partial charge in [0.1, 0.15) is 5.75 Å². The van der Waals surface area contributed by atoms with Crippen LogP contribution in [0.3, 0.4) is 0 Å². The Morgan fingerprint density at radius 3 is 2.52 bits per heavy atom. The average molecular weight is 474 g/mol. The molecule has 0 heterocycles. The van der Waals surface area contributed by atoms with Crippen molar-refractivity contribution in [1.82, 2.24) is 5.32 Å². The Kier molecular flexibility index (Phi) is 6.28. The van der Waals surface area contributed by atoms with Crippen molar-refractivity contribution in [3.05, 3.63) is 51.1 Å². The van der Waals surface area contributed by atoms with Crippen LogP contribution < -0.4 is 14.8 Å². The van der Waals surface area contributed by atoms with E-state index in [1.165, 1.54) is 25.3 Å². The molecule has 0 radical (unpaired) electrons. The van der Waals surface area contributed by atoms with Crippen molar-refractivity contribution in [2.75, 3.05) is 18.4 Å². The van der Waals surface area contributed by atoms with E-state index in [9.17, 15) is 13.2 Å². The minimum absolute atomic E-state index is 0.00694. The van der Waals surface area contributed by atoms with E-state index in [1.54, 1.807) is 13.0 Å². The standard InChI is InChI=1S/C17H19IN2O4S/c1-4-19-17(21)14-10-13(6-8-16(14)24-3)25(22,23)20-15-7-5-12(18)9-11(15)2/h5-10,20H,4H2,1-3H3,(H,19,21). The van der Waals surface area contributed by atoms with Crippen LogP contribution in [0.5, 0.6) is 5.75 Å². The summed E-state index contributed by atoms with van der Waals surface area (Å²) in [4.78, 5) is 12.1. The molecule has 25 heavy (non-hydrogen) atoms. The first-order valence-corrected chi connectivity index (χ1v) is 10.1. The summed E-state index contributed by atoms with van der Waals surface area (Å²) in [6, 6.07) is 9.61. The summed E-state index contributed by atoms with van der Waals surface area (Å²) >= 11 is 2.16. The highest BCUT2D eigenvalue weighted by atomic mass is 127. The maximum Gasteiger partial charge on any atom is 0.261 e. The Bertz CT molecular complexity index is 898. The third-order valence-corrected chi connectivity index (χ3v) is 5.53. The van der Waals surface area contributed by atoms with Crippen molar-refractivity contribution in [2.45, 2.75) is 18.7 Å². The average Bonchev–Trinajstić information content (AvgIpc) is 2.57. The molecule has 0 aromatic heterocycles. The molecule has 0 saturated carbocycles. The zero-order valence-corrected chi connectivity index (χ0v) is 17.1. The lowest BCUT2D eigenvalue weighted by molar-refractivity contribution is 0.0952. The lowest BCUT2D eigenvalue weighted by atomic mass is 10.2. The molecule has 0 aliphatic rings. The van der Waals surface area contributed by atoms with E-state index in [4.69, 9.17) is 4.74 Å². The van der Waals surface area contributed by atoms with Gasteiger partial charge in [-0.1, -0.05) is 0 Å². The number of halogens is 1. The van der Waals surface area contributed by atoms with Crippen molar-refractivity contribution >= 4 is 44.2 Å². The number of methoxy groups -OCH3 is 1. The fourth-order valence-electron chi connectivity index (χ4n) is 2.23. The SMILES string of the molecule is CCNC(=O)c1cc(S(=O)(=O)Nc2ccc(I)cc2C)ccc1OC. The Morgan fingerprint density at radius 1 is 1.20 bits per heavy atom. The number of rotatable bonds is 6. The zero-order chi connectivity index (χ0) is 18.6. The number of carbonyl (C=O) groups excluding carboxylic acids is 1. The highest BCUT2D eigenvalue weighted by Gasteiger charge is 2.20. The molecule has 2 aromatic rings. The number of hydrogen-bond donors (Lipinski definition) is 2. The van der Waals surface area contributed by atoms with Crippen LogP contribution in [0.1, 0.15) is 22.8 Å². The highest BCUT2D eigenvalue weighted by molar-refractivity contribution is 14.1.